The summed E-state index contributed by atoms with van der Waals surface area (Å²) in [6.07, 6.45) is 1.35. The molecule has 0 spiro atoms. The minimum absolute atomic E-state index is 0.314. The molecule has 3 rings (SSSR count). The van der Waals surface area contributed by atoms with Crippen LogP contribution in [0.4, 0.5) is 4.39 Å². The first-order chi connectivity index (χ1) is 12.0. The number of hydrogen-bond donors (Lipinski definition) is 0. The van der Waals surface area contributed by atoms with Crippen molar-refractivity contribution in [2.24, 2.45) is 0 Å². The maximum atomic E-state index is 13.2. The summed E-state index contributed by atoms with van der Waals surface area (Å²) < 4.78 is 68.9. The smallest absolute Gasteiger partial charge is 0.123 e. The first kappa shape index (κ1) is 6.38. The molecule has 0 N–H and O–H groups in total. The molecule has 0 saturated heterocycles. The van der Waals surface area contributed by atoms with Crippen LogP contribution in [0.3, 0.4) is 0 Å². The van der Waals surface area contributed by atoms with Gasteiger partial charge in [0.15, 0.2) is 0 Å². The van der Waals surface area contributed by atoms with Crippen molar-refractivity contribution in [3.05, 3.63) is 60.5 Å². The molecule has 0 atom stereocenters. The van der Waals surface area contributed by atoms with Gasteiger partial charge < -0.3 is 4.57 Å². The third-order valence-electron chi connectivity index (χ3n) is 3.11. The van der Waals surface area contributed by atoms with E-state index in [0.29, 0.717) is 22.0 Å². The summed E-state index contributed by atoms with van der Waals surface area (Å²) in [7, 11) is 0. The fraction of sp³-hybridized carbons (Fsp3) is 0.176. The molecule has 0 aliphatic heterocycles. The van der Waals surface area contributed by atoms with Gasteiger partial charge in [-0.25, -0.2) is 4.39 Å². The minimum Gasteiger partial charge on any atom is -0.344 e. The molecule has 1 heterocycles. The number of halogens is 1. The lowest BCUT2D eigenvalue weighted by molar-refractivity contribution is 0.623. The molecule has 0 radical (unpaired) electrons. The molecule has 0 aliphatic carbocycles. The van der Waals surface area contributed by atoms with Gasteiger partial charge in [-0.2, -0.15) is 0 Å². The van der Waals surface area contributed by atoms with Crippen molar-refractivity contribution in [2.75, 3.05) is 0 Å². The van der Waals surface area contributed by atoms with Crippen LogP contribution in [0.15, 0.2) is 54.7 Å². The topological polar surface area (TPSA) is 4.93 Å². The second-order valence-corrected chi connectivity index (χ2v) is 4.29. The molecule has 1 nitrogen and oxygen atoms in total. The average molecular weight is 260 g/mol. The first-order valence-electron chi connectivity index (χ1n) is 9.33. The largest absolute Gasteiger partial charge is 0.344 e. The fourth-order valence-corrected chi connectivity index (χ4v) is 2.22. The van der Waals surface area contributed by atoms with E-state index in [4.69, 9.17) is 9.60 Å². The van der Waals surface area contributed by atoms with Crippen molar-refractivity contribution in [3.8, 4) is 11.1 Å². The summed E-state index contributed by atoms with van der Waals surface area (Å²) in [6.45, 7) is -6.19. The molecule has 19 heavy (non-hydrogen) atoms. The predicted octanol–water partition coefficient (Wildman–Crippen LogP) is 5.03. The lowest BCUT2D eigenvalue weighted by Crippen LogP contribution is -1.97. The third kappa shape index (κ3) is 2.03. The zero-order chi connectivity index (χ0) is 19.3. The Bertz CT molecular complexity index is 924. The molecule has 0 amide bonds. The van der Waals surface area contributed by atoms with Gasteiger partial charge in [0.05, 0.1) is 1.37 Å². The van der Waals surface area contributed by atoms with Gasteiger partial charge in [-0.1, -0.05) is 30.3 Å². The molecular weight excluding hydrogens is 237 g/mol. The van der Waals surface area contributed by atoms with Gasteiger partial charge in [0.1, 0.15) is 5.82 Å². The Hall–Kier alpha value is -2.09. The number of rotatable bonds is 2. The van der Waals surface area contributed by atoms with Gasteiger partial charge in [0.25, 0.3) is 0 Å². The van der Waals surface area contributed by atoms with Crippen molar-refractivity contribution in [1.82, 2.24) is 4.57 Å². The molecule has 0 saturated carbocycles. The molecule has 1 aromatic heterocycles. The second-order valence-electron chi connectivity index (χ2n) is 4.29. The molecule has 0 fully saturated rings. The molecule has 3 aromatic rings. The van der Waals surface area contributed by atoms with Gasteiger partial charge in [-0.05, 0) is 37.5 Å². The molecule has 2 aromatic carbocycles. The van der Waals surface area contributed by atoms with Crippen LogP contribution in [-0.2, 0) is 0 Å². The van der Waals surface area contributed by atoms with Crippen molar-refractivity contribution in [1.29, 1.82) is 0 Å². The summed E-state index contributed by atoms with van der Waals surface area (Å²) in [5.74, 6) is -0.419. The third-order valence-corrected chi connectivity index (χ3v) is 3.11. The van der Waals surface area contributed by atoms with E-state index in [2.05, 4.69) is 0 Å². The minimum atomic E-state index is -3.10. The molecule has 96 valence electrons. The van der Waals surface area contributed by atoms with Gasteiger partial charge in [0.2, 0.25) is 0 Å². The predicted molar refractivity (Wildman–Crippen MR) is 77.7 cm³/mol. The summed E-state index contributed by atoms with van der Waals surface area (Å²) in [4.78, 5) is 0. The van der Waals surface area contributed by atoms with Crippen LogP contribution in [-0.4, -0.2) is 4.57 Å². The highest BCUT2D eigenvalue weighted by molar-refractivity contribution is 5.96. The number of hydrogen-bond acceptors (Lipinski definition) is 0. The Morgan fingerprint density at radius 1 is 1.11 bits per heavy atom. The van der Waals surface area contributed by atoms with E-state index in [1.807, 2.05) is 0 Å². The van der Waals surface area contributed by atoms with E-state index in [9.17, 15) is 4.39 Å². The summed E-state index contributed by atoms with van der Waals surface area (Å²) in [5, 5.41) is 0.587. The quantitative estimate of drug-likeness (QED) is 0.609. The molecule has 0 unspecified atom stereocenters. The summed E-state index contributed by atoms with van der Waals surface area (Å²) >= 11 is 0. The van der Waals surface area contributed by atoms with Crippen LogP contribution in [0.1, 0.15) is 29.3 Å². The zero-order valence-corrected chi connectivity index (χ0v) is 10.0. The Morgan fingerprint density at radius 3 is 2.58 bits per heavy atom. The van der Waals surface area contributed by atoms with E-state index >= 15 is 0 Å². The van der Waals surface area contributed by atoms with Crippen molar-refractivity contribution in [3.63, 3.8) is 0 Å². The number of nitrogens with zero attached hydrogens (tertiary/aromatic N) is 1. The van der Waals surface area contributed by atoms with Crippen molar-refractivity contribution in [2.45, 2.75) is 19.7 Å². The highest BCUT2D eigenvalue weighted by Gasteiger charge is 2.11. The van der Waals surface area contributed by atoms with Crippen molar-refractivity contribution >= 4 is 10.9 Å². The van der Waals surface area contributed by atoms with Gasteiger partial charge in [-0.15, -0.1) is 0 Å². The van der Waals surface area contributed by atoms with E-state index in [-0.39, 0.29) is 0 Å². The standard InChI is InChI=1S/C17H16FN/c1-12(2)19-11-16(13-7-9-14(18)10-8-13)15-5-3-4-6-17(15)19/h3-12H,1-2H3/i1D3,2D3,12D. The van der Waals surface area contributed by atoms with Crippen LogP contribution in [0.2, 0.25) is 0 Å². The number of para-hydroxylation sites is 1. The van der Waals surface area contributed by atoms with Gasteiger partial charge in [-0.3, -0.25) is 0 Å². The van der Waals surface area contributed by atoms with Crippen LogP contribution < -0.4 is 0 Å². The Labute approximate surface area is 122 Å². The normalized spacial score (nSPS) is 18.7. The fourth-order valence-electron chi connectivity index (χ4n) is 2.22. The maximum absolute atomic E-state index is 13.2. The Kier molecular flexibility index (Phi) is 1.52. The van der Waals surface area contributed by atoms with Gasteiger partial charge in [0, 0.05) is 36.9 Å². The molecule has 0 bridgehead atoms. The molecule has 2 heteroatoms. The molecule has 0 aliphatic rings. The van der Waals surface area contributed by atoms with Crippen LogP contribution in [0, 0.1) is 5.82 Å². The second kappa shape index (κ2) is 4.54. The maximum Gasteiger partial charge on any atom is 0.123 e. The Morgan fingerprint density at radius 2 is 1.84 bits per heavy atom. The lowest BCUT2D eigenvalue weighted by Gasteiger charge is -2.08. The van der Waals surface area contributed by atoms with Crippen LogP contribution >= 0.6 is 0 Å². The van der Waals surface area contributed by atoms with Crippen LogP contribution in [0.5, 0.6) is 0 Å². The summed E-state index contributed by atoms with van der Waals surface area (Å²) in [6, 6.07) is 9.38. The van der Waals surface area contributed by atoms with Gasteiger partial charge >= 0.3 is 0 Å². The highest BCUT2D eigenvalue weighted by Crippen LogP contribution is 2.32. The average Bonchev–Trinajstić information content (AvgIpc) is 2.92. The van der Waals surface area contributed by atoms with Crippen LogP contribution in [0.25, 0.3) is 22.0 Å². The molecular formula is C17H16FN. The first-order valence-corrected chi connectivity index (χ1v) is 5.83. The summed E-state index contributed by atoms with van der Waals surface area (Å²) in [5.41, 5.74) is 1.44. The highest BCUT2D eigenvalue weighted by atomic mass is 19.1. The number of benzene rings is 2. The lowest BCUT2D eigenvalue weighted by atomic mass is 10.1. The van der Waals surface area contributed by atoms with E-state index in [1.165, 1.54) is 30.5 Å². The number of fused-ring (bicyclic) bond motifs is 1. The Balaban J connectivity index is 2.36. The monoisotopic (exact) mass is 260 g/mol. The SMILES string of the molecule is [2H]C([2H])([2H])C([2H])(n1cc(-c2ccc(F)cc2)c2ccccc21)C([2H])([2H])[2H]. The zero-order valence-electron chi connectivity index (χ0n) is 17.0. The van der Waals surface area contributed by atoms with E-state index in [1.54, 1.807) is 24.3 Å². The van der Waals surface area contributed by atoms with E-state index < -0.39 is 25.5 Å². The van der Waals surface area contributed by atoms with E-state index in [0.717, 1.165) is 4.57 Å². The number of aromatic nitrogens is 1. The van der Waals surface area contributed by atoms with Crippen molar-refractivity contribution < 1.29 is 14.0 Å².